The fourth-order valence-electron chi connectivity index (χ4n) is 1.88. The van der Waals surface area contributed by atoms with Crippen molar-refractivity contribution in [3.8, 4) is 5.75 Å². The van der Waals surface area contributed by atoms with Gasteiger partial charge in [0.2, 0.25) is 0 Å². The van der Waals surface area contributed by atoms with Crippen molar-refractivity contribution >= 4 is 11.6 Å². The average Bonchev–Trinajstić information content (AvgIpc) is 2.55. The van der Waals surface area contributed by atoms with E-state index in [2.05, 4.69) is 5.32 Å². The Morgan fingerprint density at radius 2 is 2.00 bits per heavy atom. The van der Waals surface area contributed by atoms with E-state index in [-0.39, 0.29) is 12.3 Å². The second kappa shape index (κ2) is 7.69. The molecule has 0 heterocycles. The lowest BCUT2D eigenvalue weighted by Gasteiger charge is -2.14. The molecule has 122 valence electrons. The van der Waals surface area contributed by atoms with E-state index in [0.29, 0.717) is 11.8 Å². The number of hydrogen-bond donors (Lipinski definition) is 1. The lowest BCUT2D eigenvalue weighted by atomic mass is 10.2. The van der Waals surface area contributed by atoms with Crippen molar-refractivity contribution in [1.29, 1.82) is 0 Å². The maximum absolute atomic E-state index is 13.5. The van der Waals surface area contributed by atoms with E-state index in [4.69, 9.17) is 9.47 Å². The number of amides is 1. The number of anilines is 1. The smallest absolute Gasteiger partial charge is 0.253 e. The molecule has 0 saturated carbocycles. The molecular formula is C17H17F2NO3. The third-order valence-corrected chi connectivity index (χ3v) is 3.19. The van der Waals surface area contributed by atoms with Crippen LogP contribution in [0, 0.1) is 11.6 Å². The normalized spacial score (nSPS) is 11.8. The first kappa shape index (κ1) is 16.9. The highest BCUT2D eigenvalue weighted by Crippen LogP contribution is 2.17. The van der Waals surface area contributed by atoms with Crippen molar-refractivity contribution in [1.82, 2.24) is 0 Å². The Bertz CT molecular complexity index is 691. The second-order valence-corrected chi connectivity index (χ2v) is 4.92. The standard InChI is InChI=1S/C17H17F2NO3/c1-11(23-10-12-4-3-5-14(8-12)22-2)17(21)20-16-7-6-13(18)9-15(16)19/h3-9,11H,10H2,1-2H3,(H,20,21). The second-order valence-electron chi connectivity index (χ2n) is 4.92. The number of benzene rings is 2. The molecule has 6 heteroatoms. The predicted molar refractivity (Wildman–Crippen MR) is 82.2 cm³/mol. The summed E-state index contributed by atoms with van der Waals surface area (Å²) in [4.78, 5) is 12.0. The molecule has 0 aliphatic heterocycles. The Hall–Kier alpha value is -2.47. The molecule has 0 bridgehead atoms. The first-order valence-corrected chi connectivity index (χ1v) is 7.00. The molecule has 0 aliphatic rings. The summed E-state index contributed by atoms with van der Waals surface area (Å²) in [6.45, 7) is 1.76. The Kier molecular flexibility index (Phi) is 5.65. The van der Waals surface area contributed by atoms with Gasteiger partial charge >= 0.3 is 0 Å². The van der Waals surface area contributed by atoms with E-state index in [1.807, 2.05) is 12.1 Å². The Morgan fingerprint density at radius 3 is 2.70 bits per heavy atom. The number of methoxy groups -OCH3 is 1. The van der Waals surface area contributed by atoms with Gasteiger partial charge in [-0.05, 0) is 36.8 Å². The van der Waals surface area contributed by atoms with E-state index < -0.39 is 23.6 Å². The number of halogens is 2. The molecular weight excluding hydrogens is 304 g/mol. The van der Waals surface area contributed by atoms with Gasteiger partial charge in [-0.3, -0.25) is 4.79 Å². The van der Waals surface area contributed by atoms with Gasteiger partial charge in [-0.2, -0.15) is 0 Å². The Labute approximate surface area is 133 Å². The van der Waals surface area contributed by atoms with Crippen LogP contribution < -0.4 is 10.1 Å². The van der Waals surface area contributed by atoms with Gasteiger partial charge in [0.25, 0.3) is 5.91 Å². The van der Waals surface area contributed by atoms with E-state index >= 15 is 0 Å². The minimum atomic E-state index is -0.835. The zero-order chi connectivity index (χ0) is 16.8. The third-order valence-electron chi connectivity index (χ3n) is 3.19. The van der Waals surface area contributed by atoms with Gasteiger partial charge in [-0.15, -0.1) is 0 Å². The quantitative estimate of drug-likeness (QED) is 0.885. The molecule has 0 aliphatic carbocycles. The summed E-state index contributed by atoms with van der Waals surface area (Å²) < 4.78 is 36.9. The van der Waals surface area contributed by atoms with E-state index in [1.165, 1.54) is 0 Å². The lowest BCUT2D eigenvalue weighted by molar-refractivity contribution is -0.127. The van der Waals surface area contributed by atoms with Crippen molar-refractivity contribution in [2.24, 2.45) is 0 Å². The summed E-state index contributed by atoms with van der Waals surface area (Å²) in [6, 6.07) is 10.2. The highest BCUT2D eigenvalue weighted by Gasteiger charge is 2.16. The van der Waals surface area contributed by atoms with Gasteiger partial charge in [-0.1, -0.05) is 12.1 Å². The van der Waals surface area contributed by atoms with Crippen LogP contribution in [-0.4, -0.2) is 19.1 Å². The molecule has 0 saturated heterocycles. The van der Waals surface area contributed by atoms with Crippen LogP contribution in [0.1, 0.15) is 12.5 Å². The number of nitrogens with one attached hydrogen (secondary N) is 1. The molecule has 2 aromatic carbocycles. The van der Waals surface area contributed by atoms with Gasteiger partial charge < -0.3 is 14.8 Å². The fraction of sp³-hybridized carbons (Fsp3) is 0.235. The highest BCUT2D eigenvalue weighted by molar-refractivity contribution is 5.93. The predicted octanol–water partition coefficient (Wildman–Crippen LogP) is 3.52. The number of ether oxygens (including phenoxy) is 2. The zero-order valence-corrected chi connectivity index (χ0v) is 12.8. The summed E-state index contributed by atoms with van der Waals surface area (Å²) in [6.07, 6.45) is -0.800. The summed E-state index contributed by atoms with van der Waals surface area (Å²) in [5.41, 5.74) is 0.755. The van der Waals surface area contributed by atoms with Crippen LogP contribution in [0.2, 0.25) is 0 Å². The van der Waals surface area contributed by atoms with Crippen LogP contribution in [0.15, 0.2) is 42.5 Å². The van der Waals surface area contributed by atoms with Crippen LogP contribution in [-0.2, 0) is 16.1 Å². The SMILES string of the molecule is COc1cccc(COC(C)C(=O)Nc2ccc(F)cc2F)c1. The van der Waals surface area contributed by atoms with Crippen LogP contribution in [0.4, 0.5) is 14.5 Å². The van der Waals surface area contributed by atoms with Gasteiger partial charge in [0.15, 0.2) is 0 Å². The highest BCUT2D eigenvalue weighted by atomic mass is 19.1. The Morgan fingerprint density at radius 1 is 1.22 bits per heavy atom. The van der Waals surface area contributed by atoms with Crippen molar-refractivity contribution < 1.29 is 23.0 Å². The molecule has 0 spiro atoms. The molecule has 0 radical (unpaired) electrons. The van der Waals surface area contributed by atoms with Crippen LogP contribution >= 0.6 is 0 Å². The maximum atomic E-state index is 13.5. The van der Waals surface area contributed by atoms with Crippen molar-refractivity contribution in [3.63, 3.8) is 0 Å². The van der Waals surface area contributed by atoms with Crippen molar-refractivity contribution in [2.75, 3.05) is 12.4 Å². The zero-order valence-electron chi connectivity index (χ0n) is 12.8. The molecule has 1 amide bonds. The number of carbonyl (C=O) groups is 1. The maximum Gasteiger partial charge on any atom is 0.253 e. The lowest BCUT2D eigenvalue weighted by Crippen LogP contribution is -2.28. The minimum Gasteiger partial charge on any atom is -0.497 e. The molecule has 2 rings (SSSR count). The largest absolute Gasteiger partial charge is 0.497 e. The molecule has 1 unspecified atom stereocenters. The van der Waals surface area contributed by atoms with E-state index in [0.717, 1.165) is 17.7 Å². The van der Waals surface area contributed by atoms with Gasteiger partial charge in [0.05, 0.1) is 19.4 Å². The monoisotopic (exact) mass is 321 g/mol. The number of hydrogen-bond acceptors (Lipinski definition) is 3. The van der Waals surface area contributed by atoms with E-state index in [9.17, 15) is 13.6 Å². The van der Waals surface area contributed by atoms with Crippen molar-refractivity contribution in [2.45, 2.75) is 19.6 Å². The molecule has 1 atom stereocenters. The van der Waals surface area contributed by atoms with Gasteiger partial charge in [0, 0.05) is 6.07 Å². The topological polar surface area (TPSA) is 47.6 Å². The van der Waals surface area contributed by atoms with Gasteiger partial charge in [0.1, 0.15) is 23.5 Å². The molecule has 2 aromatic rings. The summed E-state index contributed by atoms with van der Waals surface area (Å²) >= 11 is 0. The summed E-state index contributed by atoms with van der Waals surface area (Å²) in [5, 5.41) is 2.37. The summed E-state index contributed by atoms with van der Waals surface area (Å²) in [5.74, 6) is -1.36. The molecule has 1 N–H and O–H groups in total. The number of carbonyl (C=O) groups excluding carboxylic acids is 1. The number of rotatable bonds is 6. The molecule has 23 heavy (non-hydrogen) atoms. The van der Waals surface area contributed by atoms with Gasteiger partial charge in [-0.25, -0.2) is 8.78 Å². The van der Waals surface area contributed by atoms with Crippen LogP contribution in [0.25, 0.3) is 0 Å². The first-order valence-electron chi connectivity index (χ1n) is 7.00. The van der Waals surface area contributed by atoms with E-state index in [1.54, 1.807) is 26.2 Å². The van der Waals surface area contributed by atoms with Crippen LogP contribution in [0.5, 0.6) is 5.75 Å². The third kappa shape index (κ3) is 4.75. The fourth-order valence-corrected chi connectivity index (χ4v) is 1.88. The average molecular weight is 321 g/mol. The Balaban J connectivity index is 1.91. The van der Waals surface area contributed by atoms with Crippen LogP contribution in [0.3, 0.4) is 0 Å². The summed E-state index contributed by atoms with van der Waals surface area (Å²) in [7, 11) is 1.56. The minimum absolute atomic E-state index is 0.0896. The first-order chi connectivity index (χ1) is 11.0. The van der Waals surface area contributed by atoms with Crippen molar-refractivity contribution in [3.05, 3.63) is 59.7 Å². The molecule has 4 nitrogen and oxygen atoms in total. The molecule has 0 fully saturated rings. The molecule has 0 aromatic heterocycles.